The fourth-order valence-electron chi connectivity index (χ4n) is 2.98. The number of rotatable bonds is 4. The van der Waals surface area contributed by atoms with Crippen molar-refractivity contribution in [3.8, 4) is 0 Å². The number of hydrogen-bond donors (Lipinski definition) is 0. The molecule has 2 fully saturated rings. The molecule has 2 nitrogen and oxygen atoms in total. The Morgan fingerprint density at radius 1 is 0.688 bits per heavy atom. The molecule has 0 aromatic rings. The van der Waals surface area contributed by atoms with Crippen molar-refractivity contribution in [2.45, 2.75) is 83.0 Å². The molecule has 2 aliphatic carbocycles. The Morgan fingerprint density at radius 2 is 1.06 bits per heavy atom. The Kier molecular flexibility index (Phi) is 5.33. The van der Waals surface area contributed by atoms with Crippen molar-refractivity contribution in [2.24, 2.45) is 0 Å². The van der Waals surface area contributed by atoms with Crippen molar-refractivity contribution in [3.63, 3.8) is 0 Å². The molecule has 0 spiro atoms. The second-order valence-electron chi connectivity index (χ2n) is 5.36. The molecular formula is C13H26O2Si. The van der Waals surface area contributed by atoms with Gasteiger partial charge in [0.2, 0.25) is 0 Å². The van der Waals surface area contributed by atoms with Crippen molar-refractivity contribution < 1.29 is 8.85 Å². The summed E-state index contributed by atoms with van der Waals surface area (Å²) in [7, 11) is -1.35. The molecule has 0 bridgehead atoms. The van der Waals surface area contributed by atoms with Gasteiger partial charge in [-0.3, -0.25) is 0 Å². The van der Waals surface area contributed by atoms with Crippen LogP contribution < -0.4 is 0 Å². The highest BCUT2D eigenvalue weighted by Crippen LogP contribution is 2.24. The van der Waals surface area contributed by atoms with Gasteiger partial charge in [0.1, 0.15) is 0 Å². The molecule has 2 aliphatic rings. The van der Waals surface area contributed by atoms with E-state index in [1.807, 2.05) is 0 Å². The largest absolute Gasteiger partial charge is 0.394 e. The summed E-state index contributed by atoms with van der Waals surface area (Å²) in [6.07, 6.45) is 14.4. The van der Waals surface area contributed by atoms with Crippen LogP contribution in [0.3, 0.4) is 0 Å². The molecule has 3 heteroatoms. The third-order valence-electron chi connectivity index (χ3n) is 3.87. The van der Waals surface area contributed by atoms with Gasteiger partial charge in [0.05, 0.1) is 0 Å². The molecule has 0 aliphatic heterocycles. The van der Waals surface area contributed by atoms with E-state index >= 15 is 0 Å². The van der Waals surface area contributed by atoms with Crippen LogP contribution in [0.25, 0.3) is 0 Å². The summed E-state index contributed by atoms with van der Waals surface area (Å²) >= 11 is 0. The van der Waals surface area contributed by atoms with E-state index in [1.54, 1.807) is 0 Å². The average molecular weight is 242 g/mol. The van der Waals surface area contributed by atoms with Gasteiger partial charge in [-0.05, 0) is 32.2 Å². The first-order valence-corrected chi connectivity index (χ1v) is 9.25. The third-order valence-corrected chi connectivity index (χ3v) is 5.41. The van der Waals surface area contributed by atoms with Crippen LogP contribution in [-0.2, 0) is 8.85 Å². The van der Waals surface area contributed by atoms with E-state index in [9.17, 15) is 0 Å². The molecule has 0 atom stereocenters. The second-order valence-corrected chi connectivity index (χ2v) is 7.04. The van der Waals surface area contributed by atoms with Crippen LogP contribution >= 0.6 is 0 Å². The van der Waals surface area contributed by atoms with Crippen LogP contribution in [0, 0.1) is 0 Å². The van der Waals surface area contributed by atoms with Crippen LogP contribution in [0.4, 0.5) is 0 Å². The molecule has 0 saturated heterocycles. The summed E-state index contributed by atoms with van der Waals surface area (Å²) in [5, 5.41) is 0. The van der Waals surface area contributed by atoms with E-state index in [0.717, 1.165) is 0 Å². The molecule has 0 aromatic carbocycles. The van der Waals surface area contributed by atoms with E-state index in [1.165, 1.54) is 64.2 Å². The van der Waals surface area contributed by atoms with Crippen LogP contribution in [-0.4, -0.2) is 21.5 Å². The van der Waals surface area contributed by atoms with Crippen molar-refractivity contribution >= 4 is 9.28 Å². The molecule has 0 unspecified atom stereocenters. The van der Waals surface area contributed by atoms with Crippen molar-refractivity contribution in [3.05, 3.63) is 0 Å². The predicted octanol–water partition coefficient (Wildman–Crippen LogP) is 3.54. The summed E-state index contributed by atoms with van der Waals surface area (Å²) in [5.41, 5.74) is 0. The summed E-state index contributed by atoms with van der Waals surface area (Å²) < 4.78 is 12.2. The molecule has 0 radical (unpaired) electrons. The zero-order chi connectivity index (χ0) is 11.2. The summed E-state index contributed by atoms with van der Waals surface area (Å²) in [6, 6.07) is 0. The lowest BCUT2D eigenvalue weighted by Crippen LogP contribution is -2.32. The number of hydrogen-bond acceptors (Lipinski definition) is 2. The Labute approximate surface area is 102 Å². The van der Waals surface area contributed by atoms with E-state index in [4.69, 9.17) is 8.85 Å². The van der Waals surface area contributed by atoms with Gasteiger partial charge in [-0.2, -0.15) is 0 Å². The van der Waals surface area contributed by atoms with Gasteiger partial charge in [0.25, 0.3) is 0 Å². The fourth-order valence-corrected chi connectivity index (χ4v) is 4.67. The van der Waals surface area contributed by atoms with Gasteiger partial charge in [0, 0.05) is 12.2 Å². The van der Waals surface area contributed by atoms with Crippen LogP contribution in [0.5, 0.6) is 0 Å². The lowest BCUT2D eigenvalue weighted by Gasteiger charge is -2.29. The first-order chi connectivity index (χ1) is 7.84. The maximum Gasteiger partial charge on any atom is 0.318 e. The van der Waals surface area contributed by atoms with E-state index in [-0.39, 0.29) is 0 Å². The monoisotopic (exact) mass is 242 g/mol. The third kappa shape index (κ3) is 4.19. The molecule has 16 heavy (non-hydrogen) atoms. The molecular weight excluding hydrogens is 216 g/mol. The lowest BCUT2D eigenvalue weighted by molar-refractivity contribution is 0.0691. The van der Waals surface area contributed by atoms with Gasteiger partial charge in [-0.15, -0.1) is 0 Å². The van der Waals surface area contributed by atoms with Crippen LogP contribution in [0.15, 0.2) is 0 Å². The van der Waals surface area contributed by atoms with Gasteiger partial charge in [-0.1, -0.05) is 38.5 Å². The molecule has 2 rings (SSSR count). The Bertz CT molecular complexity index is 166. The minimum Gasteiger partial charge on any atom is -0.394 e. The smallest absolute Gasteiger partial charge is 0.318 e. The molecule has 0 aromatic heterocycles. The molecule has 0 N–H and O–H groups in total. The lowest BCUT2D eigenvalue weighted by atomic mass is 9.98. The van der Waals surface area contributed by atoms with Crippen LogP contribution in [0.1, 0.15) is 64.2 Å². The first kappa shape index (κ1) is 12.6. The van der Waals surface area contributed by atoms with Gasteiger partial charge in [0.15, 0.2) is 0 Å². The second kappa shape index (κ2) is 6.77. The standard InChI is InChI=1S/C13H26O2Si/c1-16(14-12-8-4-2-5-9-12)15-13-10-6-3-7-11-13/h12-13,16H,2-11H2,1H3. The normalized spacial score (nSPS) is 25.1. The zero-order valence-electron chi connectivity index (χ0n) is 10.6. The highest BCUT2D eigenvalue weighted by molar-refractivity contribution is 6.42. The Balaban J connectivity index is 1.64. The maximum absolute atomic E-state index is 6.11. The molecule has 2 saturated carbocycles. The summed E-state index contributed by atoms with van der Waals surface area (Å²) in [4.78, 5) is 0. The highest BCUT2D eigenvalue weighted by Gasteiger charge is 2.22. The van der Waals surface area contributed by atoms with Crippen molar-refractivity contribution in [1.82, 2.24) is 0 Å². The Hall–Kier alpha value is 0.137. The van der Waals surface area contributed by atoms with Gasteiger partial charge in [-0.25, -0.2) is 0 Å². The van der Waals surface area contributed by atoms with Crippen molar-refractivity contribution in [2.75, 3.05) is 0 Å². The van der Waals surface area contributed by atoms with Crippen molar-refractivity contribution in [1.29, 1.82) is 0 Å². The quantitative estimate of drug-likeness (QED) is 0.702. The summed E-state index contributed by atoms with van der Waals surface area (Å²) in [6.45, 7) is 2.21. The average Bonchev–Trinajstić information content (AvgIpc) is 2.31. The van der Waals surface area contributed by atoms with Crippen LogP contribution in [0.2, 0.25) is 6.55 Å². The zero-order valence-corrected chi connectivity index (χ0v) is 11.8. The topological polar surface area (TPSA) is 18.5 Å². The van der Waals surface area contributed by atoms with Gasteiger partial charge < -0.3 is 8.85 Å². The molecule has 94 valence electrons. The predicted molar refractivity (Wildman–Crippen MR) is 68.9 cm³/mol. The minimum absolute atomic E-state index is 0.527. The SMILES string of the molecule is C[SiH](OC1CCCCC1)OC1CCCCC1. The molecule has 0 amide bonds. The first-order valence-electron chi connectivity index (χ1n) is 7.15. The van der Waals surface area contributed by atoms with E-state index in [2.05, 4.69) is 6.55 Å². The van der Waals surface area contributed by atoms with E-state index < -0.39 is 9.28 Å². The van der Waals surface area contributed by atoms with Gasteiger partial charge >= 0.3 is 9.28 Å². The van der Waals surface area contributed by atoms with E-state index in [0.29, 0.717) is 12.2 Å². The maximum atomic E-state index is 6.11. The Morgan fingerprint density at radius 3 is 1.44 bits per heavy atom. The molecule has 0 heterocycles. The summed E-state index contributed by atoms with van der Waals surface area (Å²) in [5.74, 6) is 0. The highest BCUT2D eigenvalue weighted by atomic mass is 28.3. The fraction of sp³-hybridized carbons (Fsp3) is 1.00. The minimum atomic E-state index is -1.35.